The number of carbonyl (C=O) groups is 1. The molecular weight excluding hydrogens is 358 g/mol. The van der Waals surface area contributed by atoms with Crippen LogP contribution in [-0.2, 0) is 10.0 Å². The van der Waals surface area contributed by atoms with Gasteiger partial charge >= 0.3 is 0 Å². The lowest BCUT2D eigenvalue weighted by Crippen LogP contribution is -2.15. The number of benzene rings is 2. The molecule has 6 nitrogen and oxygen atoms in total. The van der Waals surface area contributed by atoms with Gasteiger partial charge in [0.2, 0.25) is 5.91 Å². The minimum Gasteiger partial charge on any atom is -0.398 e. The highest BCUT2D eigenvalue weighted by Gasteiger charge is 2.15. The Morgan fingerprint density at radius 3 is 2.48 bits per heavy atom. The molecule has 0 aromatic heterocycles. The van der Waals surface area contributed by atoms with Crippen molar-refractivity contribution < 1.29 is 13.2 Å². The highest BCUT2D eigenvalue weighted by molar-refractivity contribution is 9.10. The van der Waals surface area contributed by atoms with Crippen LogP contribution in [0, 0.1) is 0 Å². The van der Waals surface area contributed by atoms with Gasteiger partial charge in [0, 0.05) is 21.4 Å². The lowest BCUT2D eigenvalue weighted by Gasteiger charge is -2.10. The fraction of sp³-hybridized carbons (Fsp3) is 0. The maximum atomic E-state index is 12.2. The Bertz CT molecular complexity index is 806. The Labute approximate surface area is 130 Å². The van der Waals surface area contributed by atoms with Gasteiger partial charge in [0.1, 0.15) is 0 Å². The summed E-state index contributed by atoms with van der Waals surface area (Å²) in [5, 5.41) is 0. The Hall–Kier alpha value is -2.06. The number of rotatable bonds is 4. The third-order valence-corrected chi connectivity index (χ3v) is 4.78. The van der Waals surface area contributed by atoms with Crippen LogP contribution in [0.3, 0.4) is 0 Å². The molecule has 110 valence electrons. The van der Waals surface area contributed by atoms with Crippen LogP contribution in [0.15, 0.2) is 51.8 Å². The molecule has 2 aromatic carbocycles. The SMILES string of the molecule is NC(=O)c1cccc(NS(=O)(=O)c2ccc(Br)c(N)c2)c1. The molecule has 0 atom stereocenters. The van der Waals surface area contributed by atoms with Gasteiger partial charge < -0.3 is 11.5 Å². The van der Waals surface area contributed by atoms with Gasteiger partial charge in [0.25, 0.3) is 10.0 Å². The maximum Gasteiger partial charge on any atom is 0.261 e. The monoisotopic (exact) mass is 369 g/mol. The molecule has 2 aromatic rings. The third kappa shape index (κ3) is 3.53. The zero-order chi connectivity index (χ0) is 15.6. The molecular formula is C13H12BrN3O3S. The number of amides is 1. The Morgan fingerprint density at radius 2 is 1.86 bits per heavy atom. The fourth-order valence-corrected chi connectivity index (χ4v) is 2.97. The van der Waals surface area contributed by atoms with E-state index in [1.165, 1.54) is 36.4 Å². The number of carbonyl (C=O) groups excluding carboxylic acids is 1. The van der Waals surface area contributed by atoms with E-state index in [0.717, 1.165) is 0 Å². The maximum absolute atomic E-state index is 12.2. The molecule has 0 unspecified atom stereocenters. The largest absolute Gasteiger partial charge is 0.398 e. The van der Waals surface area contributed by atoms with Crippen molar-refractivity contribution >= 4 is 43.2 Å². The molecule has 0 bridgehead atoms. The zero-order valence-corrected chi connectivity index (χ0v) is 13.1. The Kier molecular flexibility index (Phi) is 4.19. The number of nitrogens with two attached hydrogens (primary N) is 2. The van der Waals surface area contributed by atoms with Crippen molar-refractivity contribution in [3.05, 3.63) is 52.5 Å². The molecule has 0 aliphatic heterocycles. The number of hydrogen-bond acceptors (Lipinski definition) is 4. The van der Waals surface area contributed by atoms with E-state index in [4.69, 9.17) is 11.5 Å². The summed E-state index contributed by atoms with van der Waals surface area (Å²) in [5.41, 5.74) is 11.6. The molecule has 0 heterocycles. The summed E-state index contributed by atoms with van der Waals surface area (Å²) in [5.74, 6) is -0.635. The summed E-state index contributed by atoms with van der Waals surface area (Å²) in [6, 6.07) is 10.2. The number of sulfonamides is 1. The minimum atomic E-state index is -3.80. The quantitative estimate of drug-likeness (QED) is 0.713. The first-order valence-electron chi connectivity index (χ1n) is 5.77. The highest BCUT2D eigenvalue weighted by atomic mass is 79.9. The third-order valence-electron chi connectivity index (χ3n) is 2.68. The molecule has 0 spiro atoms. The standard InChI is InChI=1S/C13H12BrN3O3S/c14-11-5-4-10(7-12(11)15)21(19,20)17-9-3-1-2-8(6-9)13(16)18/h1-7,17H,15H2,(H2,16,18). The summed E-state index contributed by atoms with van der Waals surface area (Å²) in [4.78, 5) is 11.1. The Balaban J connectivity index is 2.35. The van der Waals surface area contributed by atoms with Crippen molar-refractivity contribution in [1.82, 2.24) is 0 Å². The van der Waals surface area contributed by atoms with E-state index >= 15 is 0 Å². The first-order valence-corrected chi connectivity index (χ1v) is 8.05. The molecule has 5 N–H and O–H groups in total. The van der Waals surface area contributed by atoms with Crippen LogP contribution in [0.25, 0.3) is 0 Å². The van der Waals surface area contributed by atoms with E-state index in [1.807, 2.05) is 0 Å². The number of anilines is 2. The van der Waals surface area contributed by atoms with E-state index in [0.29, 0.717) is 10.2 Å². The molecule has 8 heteroatoms. The predicted octanol–water partition coefficient (Wildman–Crippen LogP) is 1.93. The molecule has 1 amide bonds. The molecule has 21 heavy (non-hydrogen) atoms. The summed E-state index contributed by atoms with van der Waals surface area (Å²) >= 11 is 3.20. The van der Waals surface area contributed by atoms with Crippen molar-refractivity contribution in [2.45, 2.75) is 4.90 Å². The van der Waals surface area contributed by atoms with Crippen LogP contribution in [0.2, 0.25) is 0 Å². The fourth-order valence-electron chi connectivity index (χ4n) is 1.64. The van der Waals surface area contributed by atoms with Gasteiger partial charge in [-0.3, -0.25) is 9.52 Å². The predicted molar refractivity (Wildman–Crippen MR) is 84.3 cm³/mol. The van der Waals surface area contributed by atoms with Crippen LogP contribution in [0.1, 0.15) is 10.4 Å². The van der Waals surface area contributed by atoms with E-state index in [2.05, 4.69) is 20.7 Å². The normalized spacial score (nSPS) is 11.1. The average molecular weight is 370 g/mol. The van der Waals surface area contributed by atoms with Gasteiger partial charge in [0.05, 0.1) is 4.90 Å². The molecule has 0 radical (unpaired) electrons. The molecule has 0 aliphatic carbocycles. The molecule has 0 saturated heterocycles. The lowest BCUT2D eigenvalue weighted by molar-refractivity contribution is 0.100. The van der Waals surface area contributed by atoms with Crippen LogP contribution in [-0.4, -0.2) is 14.3 Å². The van der Waals surface area contributed by atoms with Gasteiger partial charge in [-0.25, -0.2) is 8.42 Å². The molecule has 0 aliphatic rings. The smallest absolute Gasteiger partial charge is 0.261 e. The number of hydrogen-bond donors (Lipinski definition) is 3. The van der Waals surface area contributed by atoms with E-state index in [1.54, 1.807) is 6.07 Å². The number of nitrogens with one attached hydrogen (secondary N) is 1. The molecule has 0 fully saturated rings. The van der Waals surface area contributed by atoms with Gasteiger partial charge in [-0.15, -0.1) is 0 Å². The van der Waals surface area contributed by atoms with E-state index < -0.39 is 15.9 Å². The lowest BCUT2D eigenvalue weighted by atomic mass is 10.2. The van der Waals surface area contributed by atoms with Gasteiger partial charge in [-0.1, -0.05) is 6.07 Å². The summed E-state index contributed by atoms with van der Waals surface area (Å²) in [6.45, 7) is 0. The summed E-state index contributed by atoms with van der Waals surface area (Å²) in [7, 11) is -3.80. The summed E-state index contributed by atoms with van der Waals surface area (Å²) < 4.78 is 27.5. The minimum absolute atomic E-state index is 0.0210. The van der Waals surface area contributed by atoms with Crippen molar-refractivity contribution in [3.63, 3.8) is 0 Å². The van der Waals surface area contributed by atoms with E-state index in [9.17, 15) is 13.2 Å². The molecule has 2 rings (SSSR count). The number of primary amides is 1. The first kappa shape index (κ1) is 15.3. The van der Waals surface area contributed by atoms with Crippen molar-refractivity contribution in [3.8, 4) is 0 Å². The zero-order valence-electron chi connectivity index (χ0n) is 10.7. The van der Waals surface area contributed by atoms with Crippen LogP contribution in [0.5, 0.6) is 0 Å². The second kappa shape index (κ2) is 5.74. The van der Waals surface area contributed by atoms with Crippen molar-refractivity contribution in [2.24, 2.45) is 5.73 Å². The number of nitrogen functional groups attached to an aromatic ring is 1. The molecule has 0 saturated carbocycles. The van der Waals surface area contributed by atoms with Gasteiger partial charge in [-0.05, 0) is 52.3 Å². The number of halogens is 1. The van der Waals surface area contributed by atoms with Crippen LogP contribution < -0.4 is 16.2 Å². The average Bonchev–Trinajstić information content (AvgIpc) is 2.41. The second-order valence-electron chi connectivity index (χ2n) is 4.23. The van der Waals surface area contributed by atoms with Crippen molar-refractivity contribution in [2.75, 3.05) is 10.5 Å². The second-order valence-corrected chi connectivity index (χ2v) is 6.77. The summed E-state index contributed by atoms with van der Waals surface area (Å²) in [6.07, 6.45) is 0. The van der Waals surface area contributed by atoms with E-state index in [-0.39, 0.29) is 16.1 Å². The Morgan fingerprint density at radius 1 is 1.14 bits per heavy atom. The van der Waals surface area contributed by atoms with Crippen LogP contribution in [0.4, 0.5) is 11.4 Å². The highest BCUT2D eigenvalue weighted by Crippen LogP contribution is 2.24. The first-order chi connectivity index (χ1) is 9.79. The van der Waals surface area contributed by atoms with Gasteiger partial charge in [-0.2, -0.15) is 0 Å². The van der Waals surface area contributed by atoms with Crippen LogP contribution >= 0.6 is 15.9 Å². The van der Waals surface area contributed by atoms with Crippen molar-refractivity contribution in [1.29, 1.82) is 0 Å². The topological polar surface area (TPSA) is 115 Å². The van der Waals surface area contributed by atoms with Gasteiger partial charge in [0.15, 0.2) is 0 Å².